The normalized spacial score (nSPS) is 29.6. The van der Waals surface area contributed by atoms with Crippen molar-refractivity contribution in [3.63, 3.8) is 0 Å². The van der Waals surface area contributed by atoms with Gasteiger partial charge in [-0.2, -0.15) is 0 Å². The summed E-state index contributed by atoms with van der Waals surface area (Å²) in [6.45, 7) is 7.03. The van der Waals surface area contributed by atoms with Crippen LogP contribution in [0.25, 0.3) is 0 Å². The standard InChI is InChI=1S/C19H27N3O2/c1-13-6-7-14(2)21(13)12-19(24)20-9-15-8-16(11-20)17-4-3-5-18(23)22(17)10-15/h6-7,15-17H,3-5,8-12H2,1-2H3. The first kappa shape index (κ1) is 15.7. The van der Waals surface area contributed by atoms with E-state index in [1.807, 2.05) is 0 Å². The van der Waals surface area contributed by atoms with E-state index in [2.05, 4.69) is 40.3 Å². The monoisotopic (exact) mass is 329 g/mol. The van der Waals surface area contributed by atoms with E-state index in [1.165, 1.54) is 6.42 Å². The van der Waals surface area contributed by atoms with Crippen LogP contribution in [0.5, 0.6) is 0 Å². The summed E-state index contributed by atoms with van der Waals surface area (Å²) >= 11 is 0. The van der Waals surface area contributed by atoms with Gasteiger partial charge < -0.3 is 14.4 Å². The van der Waals surface area contributed by atoms with Gasteiger partial charge in [0.15, 0.2) is 0 Å². The van der Waals surface area contributed by atoms with Crippen molar-refractivity contribution < 1.29 is 9.59 Å². The molecule has 5 nitrogen and oxygen atoms in total. The number of rotatable bonds is 2. The van der Waals surface area contributed by atoms with Crippen LogP contribution < -0.4 is 0 Å². The topological polar surface area (TPSA) is 45.6 Å². The van der Waals surface area contributed by atoms with Gasteiger partial charge in [-0.25, -0.2) is 0 Å². The van der Waals surface area contributed by atoms with Gasteiger partial charge in [0.05, 0.1) is 0 Å². The van der Waals surface area contributed by atoms with Crippen LogP contribution >= 0.6 is 0 Å². The number of carbonyl (C=O) groups is 2. The predicted octanol–water partition coefficient (Wildman–Crippen LogP) is 1.96. The molecule has 0 N–H and O–H groups in total. The molecule has 0 spiro atoms. The molecular weight excluding hydrogens is 302 g/mol. The third kappa shape index (κ3) is 2.64. The molecule has 1 aromatic rings. The largest absolute Gasteiger partial charge is 0.340 e. The van der Waals surface area contributed by atoms with Crippen LogP contribution in [0, 0.1) is 25.7 Å². The number of aromatic nitrogens is 1. The van der Waals surface area contributed by atoms with Crippen molar-refractivity contribution in [2.75, 3.05) is 19.6 Å². The van der Waals surface area contributed by atoms with Crippen LogP contribution in [0.1, 0.15) is 37.1 Å². The molecule has 2 amide bonds. The predicted molar refractivity (Wildman–Crippen MR) is 91.4 cm³/mol. The lowest BCUT2D eigenvalue weighted by Crippen LogP contribution is -2.61. The smallest absolute Gasteiger partial charge is 0.242 e. The molecule has 2 bridgehead atoms. The lowest BCUT2D eigenvalue weighted by Gasteiger charge is -2.52. The van der Waals surface area contributed by atoms with Gasteiger partial charge in [0.2, 0.25) is 11.8 Å². The van der Waals surface area contributed by atoms with Crippen molar-refractivity contribution >= 4 is 11.8 Å². The first-order chi connectivity index (χ1) is 11.5. The summed E-state index contributed by atoms with van der Waals surface area (Å²) in [7, 11) is 0. The fourth-order valence-electron chi connectivity index (χ4n) is 5.00. The van der Waals surface area contributed by atoms with Gasteiger partial charge in [-0.15, -0.1) is 0 Å². The number of aryl methyl sites for hydroxylation is 2. The summed E-state index contributed by atoms with van der Waals surface area (Å²) in [5, 5.41) is 0. The fraction of sp³-hybridized carbons (Fsp3) is 0.684. The second-order valence-corrected chi connectivity index (χ2v) is 7.87. The molecule has 4 heterocycles. The Balaban J connectivity index is 1.47. The molecule has 3 atom stereocenters. The SMILES string of the molecule is Cc1ccc(C)n1CC(=O)N1CC2CC(C1)C1CCCC(=O)N1C2. The Morgan fingerprint density at radius 1 is 1.17 bits per heavy atom. The highest BCUT2D eigenvalue weighted by Gasteiger charge is 2.44. The Morgan fingerprint density at radius 3 is 2.67 bits per heavy atom. The number of amides is 2. The molecule has 3 aliphatic heterocycles. The van der Waals surface area contributed by atoms with Crippen molar-refractivity contribution in [1.82, 2.24) is 14.4 Å². The van der Waals surface area contributed by atoms with Crippen molar-refractivity contribution in [3.05, 3.63) is 23.5 Å². The molecule has 0 radical (unpaired) electrons. The van der Waals surface area contributed by atoms with Gasteiger partial charge in [-0.3, -0.25) is 9.59 Å². The quantitative estimate of drug-likeness (QED) is 0.833. The van der Waals surface area contributed by atoms with Crippen LogP contribution in [-0.4, -0.2) is 51.9 Å². The molecule has 3 fully saturated rings. The molecule has 130 valence electrons. The maximum atomic E-state index is 12.8. The molecular formula is C19H27N3O2. The van der Waals surface area contributed by atoms with Gasteiger partial charge >= 0.3 is 0 Å². The molecule has 4 rings (SSSR count). The zero-order valence-electron chi connectivity index (χ0n) is 14.7. The number of piperidine rings is 3. The number of likely N-dealkylation sites (tertiary alicyclic amines) is 1. The molecule has 3 saturated heterocycles. The highest BCUT2D eigenvalue weighted by molar-refractivity contribution is 5.78. The average Bonchev–Trinajstić information content (AvgIpc) is 2.87. The van der Waals surface area contributed by atoms with E-state index < -0.39 is 0 Å². The molecule has 0 saturated carbocycles. The Bertz CT molecular complexity index is 646. The first-order valence-electron chi connectivity index (χ1n) is 9.23. The van der Waals surface area contributed by atoms with E-state index in [9.17, 15) is 9.59 Å². The molecule has 0 aliphatic carbocycles. The minimum Gasteiger partial charge on any atom is -0.340 e. The number of nitrogens with zero attached hydrogens (tertiary/aromatic N) is 3. The summed E-state index contributed by atoms with van der Waals surface area (Å²) in [6, 6.07) is 4.51. The summed E-state index contributed by atoms with van der Waals surface area (Å²) in [5.74, 6) is 1.48. The van der Waals surface area contributed by atoms with Crippen molar-refractivity contribution in [2.45, 2.75) is 52.1 Å². The molecule has 3 aliphatic rings. The molecule has 1 aromatic heterocycles. The van der Waals surface area contributed by atoms with Crippen molar-refractivity contribution in [2.24, 2.45) is 11.8 Å². The van der Waals surface area contributed by atoms with Gasteiger partial charge in [-0.05, 0) is 57.1 Å². The molecule has 0 aromatic carbocycles. The fourth-order valence-corrected chi connectivity index (χ4v) is 5.00. The van der Waals surface area contributed by atoms with Crippen LogP contribution in [0.15, 0.2) is 12.1 Å². The number of carbonyl (C=O) groups excluding carboxylic acids is 2. The number of hydrogen-bond acceptors (Lipinski definition) is 2. The van der Waals surface area contributed by atoms with E-state index in [0.717, 1.165) is 43.9 Å². The van der Waals surface area contributed by atoms with Crippen LogP contribution in [0.3, 0.4) is 0 Å². The molecule has 3 unspecified atom stereocenters. The summed E-state index contributed by atoms with van der Waals surface area (Å²) in [6.07, 6.45) is 4.02. The van der Waals surface area contributed by atoms with Gasteiger partial charge in [0, 0.05) is 43.5 Å². The maximum Gasteiger partial charge on any atom is 0.242 e. The number of fused-ring (bicyclic) bond motifs is 4. The summed E-state index contributed by atoms with van der Waals surface area (Å²) in [4.78, 5) is 29.2. The Kier molecular flexibility index (Phi) is 3.89. The number of hydrogen-bond donors (Lipinski definition) is 0. The highest BCUT2D eigenvalue weighted by Crippen LogP contribution is 2.37. The van der Waals surface area contributed by atoms with Crippen LogP contribution in [-0.2, 0) is 16.1 Å². The Hall–Kier alpha value is -1.78. The molecule has 24 heavy (non-hydrogen) atoms. The third-order valence-electron chi connectivity index (χ3n) is 6.24. The summed E-state index contributed by atoms with van der Waals surface area (Å²) in [5.41, 5.74) is 2.28. The van der Waals surface area contributed by atoms with Gasteiger partial charge in [-0.1, -0.05) is 0 Å². The van der Waals surface area contributed by atoms with Crippen molar-refractivity contribution in [1.29, 1.82) is 0 Å². The zero-order chi connectivity index (χ0) is 16.8. The first-order valence-corrected chi connectivity index (χ1v) is 9.23. The van der Waals surface area contributed by atoms with E-state index in [4.69, 9.17) is 0 Å². The van der Waals surface area contributed by atoms with Crippen molar-refractivity contribution in [3.8, 4) is 0 Å². The molecule has 5 heteroatoms. The second-order valence-electron chi connectivity index (χ2n) is 7.87. The van der Waals surface area contributed by atoms with Gasteiger partial charge in [0.25, 0.3) is 0 Å². The van der Waals surface area contributed by atoms with E-state index in [0.29, 0.717) is 36.8 Å². The maximum absolute atomic E-state index is 12.8. The minimum absolute atomic E-state index is 0.225. The Morgan fingerprint density at radius 2 is 1.92 bits per heavy atom. The van der Waals surface area contributed by atoms with E-state index in [-0.39, 0.29) is 5.91 Å². The Labute approximate surface area is 143 Å². The second kappa shape index (κ2) is 5.94. The lowest BCUT2D eigenvalue weighted by atomic mass is 9.76. The third-order valence-corrected chi connectivity index (χ3v) is 6.24. The van der Waals surface area contributed by atoms with Crippen LogP contribution in [0.4, 0.5) is 0 Å². The van der Waals surface area contributed by atoms with E-state index in [1.54, 1.807) is 0 Å². The lowest BCUT2D eigenvalue weighted by molar-refractivity contribution is -0.149. The zero-order valence-corrected chi connectivity index (χ0v) is 14.7. The van der Waals surface area contributed by atoms with Crippen LogP contribution in [0.2, 0.25) is 0 Å². The van der Waals surface area contributed by atoms with Gasteiger partial charge in [0.1, 0.15) is 6.54 Å². The highest BCUT2D eigenvalue weighted by atomic mass is 16.2. The minimum atomic E-state index is 0.225. The average molecular weight is 329 g/mol. The summed E-state index contributed by atoms with van der Waals surface area (Å²) < 4.78 is 2.10. The van der Waals surface area contributed by atoms with E-state index >= 15 is 0 Å².